The molecule has 6 heteroatoms. The van der Waals surface area contributed by atoms with E-state index in [-0.39, 0.29) is 6.61 Å². The van der Waals surface area contributed by atoms with Gasteiger partial charge in [0.15, 0.2) is 5.82 Å². The first-order valence-electron chi connectivity index (χ1n) is 5.79. The topological polar surface area (TPSA) is 68.8 Å². The van der Waals surface area contributed by atoms with Gasteiger partial charge in [0.25, 0.3) is 0 Å². The fourth-order valence-electron chi connectivity index (χ4n) is 2.31. The number of aryl methyl sites for hydroxylation is 2. The highest BCUT2D eigenvalue weighted by Gasteiger charge is 2.23. The molecule has 0 radical (unpaired) electrons. The van der Waals surface area contributed by atoms with Gasteiger partial charge in [-0.25, -0.2) is 4.98 Å². The van der Waals surface area contributed by atoms with Gasteiger partial charge >= 0.3 is 0 Å². The summed E-state index contributed by atoms with van der Waals surface area (Å²) < 4.78 is 4.03. The van der Waals surface area contributed by atoms with E-state index in [2.05, 4.69) is 19.7 Å². The van der Waals surface area contributed by atoms with E-state index >= 15 is 0 Å². The van der Waals surface area contributed by atoms with Crippen LogP contribution in [0.3, 0.4) is 0 Å². The lowest BCUT2D eigenvalue weighted by Crippen LogP contribution is -2.23. The number of hydrogen-bond donors (Lipinski definition) is 1. The van der Waals surface area contributed by atoms with E-state index in [1.54, 1.807) is 12.5 Å². The van der Waals surface area contributed by atoms with Gasteiger partial charge < -0.3 is 14.2 Å². The maximum Gasteiger partial charge on any atom is 0.182 e. The molecule has 2 aromatic rings. The van der Waals surface area contributed by atoms with E-state index in [1.165, 1.54) is 0 Å². The third-order valence-corrected chi connectivity index (χ3v) is 3.35. The highest BCUT2D eigenvalue weighted by Crippen LogP contribution is 2.24. The molecule has 1 aliphatic heterocycles. The van der Waals surface area contributed by atoms with Crippen LogP contribution in [0.5, 0.6) is 0 Å². The van der Waals surface area contributed by atoms with Crippen molar-refractivity contribution in [2.24, 2.45) is 13.0 Å². The van der Waals surface area contributed by atoms with Crippen LogP contribution in [0.15, 0.2) is 12.5 Å². The second kappa shape index (κ2) is 3.96. The smallest absolute Gasteiger partial charge is 0.182 e. The number of fused-ring (bicyclic) bond motifs is 1. The van der Waals surface area contributed by atoms with Gasteiger partial charge in [0.2, 0.25) is 0 Å². The first kappa shape index (κ1) is 10.5. The largest absolute Gasteiger partial charge is 0.396 e. The highest BCUT2D eigenvalue weighted by molar-refractivity contribution is 5.49. The fourth-order valence-corrected chi connectivity index (χ4v) is 2.31. The monoisotopic (exact) mass is 233 g/mol. The summed E-state index contributed by atoms with van der Waals surface area (Å²) in [7, 11) is 1.94. The predicted molar refractivity (Wildman–Crippen MR) is 61.1 cm³/mol. The third-order valence-electron chi connectivity index (χ3n) is 3.35. The summed E-state index contributed by atoms with van der Waals surface area (Å²) in [4.78, 5) is 4.10. The zero-order valence-electron chi connectivity index (χ0n) is 9.74. The van der Waals surface area contributed by atoms with Crippen molar-refractivity contribution >= 4 is 0 Å². The van der Waals surface area contributed by atoms with Gasteiger partial charge in [-0.2, -0.15) is 0 Å². The Morgan fingerprint density at radius 3 is 3.06 bits per heavy atom. The molecule has 0 saturated carbocycles. The Labute approximate surface area is 98.9 Å². The van der Waals surface area contributed by atoms with Crippen LogP contribution in [-0.4, -0.2) is 36.0 Å². The molecule has 0 spiro atoms. The minimum Gasteiger partial charge on any atom is -0.396 e. The first-order valence-corrected chi connectivity index (χ1v) is 5.79. The standard InChI is InChI=1S/C11H15N5O/c1-15-7-12-4-9(15)11-14-13-10-3-2-8(6-17)5-16(10)11/h4,7-8,17H,2-3,5-6H2,1H3. The molecule has 1 unspecified atom stereocenters. The minimum atomic E-state index is 0.225. The molecule has 3 rings (SSSR count). The maximum absolute atomic E-state index is 9.26. The SMILES string of the molecule is Cn1cncc1-c1nnc2n1CC(CO)CC2. The van der Waals surface area contributed by atoms with Crippen molar-refractivity contribution in [3.05, 3.63) is 18.3 Å². The number of nitrogens with zero attached hydrogens (tertiary/aromatic N) is 5. The molecule has 0 bridgehead atoms. The molecule has 0 aliphatic carbocycles. The van der Waals surface area contributed by atoms with Crippen molar-refractivity contribution < 1.29 is 5.11 Å². The lowest BCUT2D eigenvalue weighted by molar-refractivity contribution is 0.191. The molecular weight excluding hydrogens is 218 g/mol. The fraction of sp³-hybridized carbons (Fsp3) is 0.545. The first-order chi connectivity index (χ1) is 8.29. The van der Waals surface area contributed by atoms with Crippen LogP contribution in [0, 0.1) is 5.92 Å². The quantitative estimate of drug-likeness (QED) is 0.806. The van der Waals surface area contributed by atoms with Gasteiger partial charge in [-0.1, -0.05) is 0 Å². The Balaban J connectivity index is 2.03. The maximum atomic E-state index is 9.26. The summed E-state index contributed by atoms with van der Waals surface area (Å²) >= 11 is 0. The Kier molecular flexibility index (Phi) is 2.44. The summed E-state index contributed by atoms with van der Waals surface area (Å²) in [6.45, 7) is 1.02. The van der Waals surface area contributed by atoms with Crippen LogP contribution in [0.1, 0.15) is 12.2 Å². The van der Waals surface area contributed by atoms with Gasteiger partial charge in [0.05, 0.1) is 12.5 Å². The van der Waals surface area contributed by atoms with Crippen molar-refractivity contribution in [2.75, 3.05) is 6.61 Å². The summed E-state index contributed by atoms with van der Waals surface area (Å²) in [6, 6.07) is 0. The van der Waals surface area contributed by atoms with E-state index in [4.69, 9.17) is 0 Å². The van der Waals surface area contributed by atoms with Crippen molar-refractivity contribution in [1.29, 1.82) is 0 Å². The summed E-state index contributed by atoms with van der Waals surface area (Å²) in [5.74, 6) is 2.16. The molecule has 17 heavy (non-hydrogen) atoms. The third kappa shape index (κ3) is 1.64. The van der Waals surface area contributed by atoms with E-state index in [1.807, 2.05) is 11.6 Å². The molecule has 0 fully saturated rings. The summed E-state index contributed by atoms with van der Waals surface area (Å²) in [6.07, 6.45) is 5.42. The normalized spacial score (nSPS) is 19.3. The highest BCUT2D eigenvalue weighted by atomic mass is 16.3. The minimum absolute atomic E-state index is 0.225. The number of rotatable bonds is 2. The van der Waals surface area contributed by atoms with Crippen LogP contribution in [0.2, 0.25) is 0 Å². The van der Waals surface area contributed by atoms with Crippen molar-refractivity contribution in [1.82, 2.24) is 24.3 Å². The number of imidazole rings is 1. The van der Waals surface area contributed by atoms with Crippen LogP contribution in [0.4, 0.5) is 0 Å². The zero-order valence-corrected chi connectivity index (χ0v) is 9.74. The van der Waals surface area contributed by atoms with Gasteiger partial charge in [0.1, 0.15) is 11.5 Å². The Hall–Kier alpha value is -1.69. The van der Waals surface area contributed by atoms with Crippen molar-refractivity contribution in [3.8, 4) is 11.5 Å². The van der Waals surface area contributed by atoms with E-state index in [9.17, 15) is 5.11 Å². The lowest BCUT2D eigenvalue weighted by Gasteiger charge is -2.22. The zero-order chi connectivity index (χ0) is 11.8. The molecule has 2 aromatic heterocycles. The lowest BCUT2D eigenvalue weighted by atomic mass is 10.0. The van der Waals surface area contributed by atoms with Crippen LogP contribution >= 0.6 is 0 Å². The van der Waals surface area contributed by atoms with Gasteiger partial charge in [0, 0.05) is 32.5 Å². The van der Waals surface area contributed by atoms with E-state index in [0.29, 0.717) is 5.92 Å². The molecule has 1 atom stereocenters. The molecule has 90 valence electrons. The Morgan fingerprint density at radius 2 is 2.35 bits per heavy atom. The van der Waals surface area contributed by atoms with Crippen molar-refractivity contribution in [3.63, 3.8) is 0 Å². The second-order valence-corrected chi connectivity index (χ2v) is 4.53. The molecule has 6 nitrogen and oxygen atoms in total. The Morgan fingerprint density at radius 1 is 1.47 bits per heavy atom. The molecule has 3 heterocycles. The van der Waals surface area contributed by atoms with E-state index in [0.717, 1.165) is 36.7 Å². The van der Waals surface area contributed by atoms with Crippen LogP contribution in [0.25, 0.3) is 11.5 Å². The molecule has 1 aliphatic rings. The molecule has 0 aromatic carbocycles. The molecule has 0 saturated heterocycles. The van der Waals surface area contributed by atoms with Gasteiger partial charge in [-0.15, -0.1) is 10.2 Å². The Bertz CT molecular complexity index is 530. The molecule has 1 N–H and O–H groups in total. The molecule has 0 amide bonds. The number of aliphatic hydroxyl groups is 1. The summed E-state index contributed by atoms with van der Waals surface area (Å²) in [5.41, 5.74) is 0.960. The predicted octanol–water partition coefficient (Wildman–Crippen LogP) is 0.233. The second-order valence-electron chi connectivity index (χ2n) is 4.53. The number of aromatic nitrogens is 5. The molecular formula is C11H15N5O. The average Bonchev–Trinajstić information content (AvgIpc) is 2.94. The van der Waals surface area contributed by atoms with Crippen LogP contribution < -0.4 is 0 Å². The number of hydrogen-bond acceptors (Lipinski definition) is 4. The van der Waals surface area contributed by atoms with Gasteiger partial charge in [-0.05, 0) is 6.42 Å². The van der Waals surface area contributed by atoms with E-state index < -0.39 is 0 Å². The van der Waals surface area contributed by atoms with Crippen molar-refractivity contribution in [2.45, 2.75) is 19.4 Å². The van der Waals surface area contributed by atoms with Crippen LogP contribution in [-0.2, 0) is 20.0 Å². The van der Waals surface area contributed by atoms with Gasteiger partial charge in [-0.3, -0.25) is 0 Å². The number of aliphatic hydroxyl groups excluding tert-OH is 1. The average molecular weight is 233 g/mol. The summed E-state index contributed by atoms with van der Waals surface area (Å²) in [5, 5.41) is 17.7.